The average Bonchev–Trinajstić information content (AvgIpc) is 2.86. The molecule has 0 unspecified atom stereocenters. The van der Waals surface area contributed by atoms with Gasteiger partial charge in [-0.2, -0.15) is 0 Å². The molecule has 0 aliphatic rings. The second kappa shape index (κ2) is 6.54. The average molecular weight is 343 g/mol. The van der Waals surface area contributed by atoms with Gasteiger partial charge in [-0.3, -0.25) is 9.59 Å². The number of methoxy groups -OCH3 is 1. The number of carbonyl (C=O) groups is 1. The number of ether oxygens (including phenoxy) is 1. The minimum atomic E-state index is -0.202. The van der Waals surface area contributed by atoms with Gasteiger partial charge in [0.2, 0.25) is 5.56 Å². The van der Waals surface area contributed by atoms with Crippen LogP contribution in [-0.2, 0) is 11.3 Å². The molecule has 2 aromatic heterocycles. The van der Waals surface area contributed by atoms with Crippen LogP contribution in [0.1, 0.15) is 25.9 Å². The fraction of sp³-hybridized carbons (Fsp3) is 0.235. The summed E-state index contributed by atoms with van der Waals surface area (Å²) in [5.41, 5.74) is 2.59. The Morgan fingerprint density at radius 2 is 2.12 bits per heavy atom. The van der Waals surface area contributed by atoms with Gasteiger partial charge in [0, 0.05) is 24.2 Å². The van der Waals surface area contributed by atoms with Crippen molar-refractivity contribution in [3.63, 3.8) is 0 Å². The third-order valence-corrected chi connectivity index (χ3v) is 4.67. The van der Waals surface area contributed by atoms with E-state index in [1.165, 1.54) is 17.4 Å². The van der Waals surface area contributed by atoms with Crippen LogP contribution in [0.15, 0.2) is 29.1 Å². The molecule has 0 saturated carbocycles. The molecular formula is C17H17N3O3S. The molecule has 0 bridgehead atoms. The lowest BCUT2D eigenvalue weighted by molar-refractivity contribution is 0.103. The van der Waals surface area contributed by atoms with Crippen molar-refractivity contribution in [1.29, 1.82) is 0 Å². The third kappa shape index (κ3) is 3.22. The summed E-state index contributed by atoms with van der Waals surface area (Å²) >= 11 is 1.36. The number of aromatic nitrogens is 2. The molecule has 0 radical (unpaired) electrons. The molecule has 1 amide bonds. The number of aryl methyl sites for hydroxylation is 2. The van der Waals surface area contributed by atoms with E-state index in [0.29, 0.717) is 28.4 Å². The fourth-order valence-electron chi connectivity index (χ4n) is 2.62. The molecule has 2 heterocycles. The predicted molar refractivity (Wildman–Crippen MR) is 94.8 cm³/mol. The van der Waals surface area contributed by atoms with E-state index in [-0.39, 0.29) is 11.5 Å². The summed E-state index contributed by atoms with van der Waals surface area (Å²) in [7, 11) is 1.58. The van der Waals surface area contributed by atoms with Gasteiger partial charge in [-0.25, -0.2) is 4.98 Å². The lowest BCUT2D eigenvalue weighted by Gasteiger charge is -2.08. The smallest absolute Gasteiger partial charge is 0.267 e. The Labute approximate surface area is 142 Å². The van der Waals surface area contributed by atoms with Crippen LogP contribution in [0.2, 0.25) is 0 Å². The Hall–Kier alpha value is -2.51. The number of nitrogens with one attached hydrogen (secondary N) is 2. The highest BCUT2D eigenvalue weighted by Gasteiger charge is 2.14. The van der Waals surface area contributed by atoms with Crippen molar-refractivity contribution in [2.75, 3.05) is 12.4 Å². The first kappa shape index (κ1) is 16.4. The molecule has 0 spiro atoms. The first-order valence-corrected chi connectivity index (χ1v) is 8.20. The second-order valence-electron chi connectivity index (χ2n) is 5.45. The molecule has 3 rings (SSSR count). The fourth-order valence-corrected chi connectivity index (χ4v) is 3.43. The van der Waals surface area contributed by atoms with Crippen LogP contribution in [0.4, 0.5) is 5.69 Å². The zero-order chi connectivity index (χ0) is 17.3. The van der Waals surface area contributed by atoms with E-state index < -0.39 is 0 Å². The Balaban J connectivity index is 1.95. The van der Waals surface area contributed by atoms with Gasteiger partial charge in [0.25, 0.3) is 5.91 Å². The monoisotopic (exact) mass is 343 g/mol. The summed E-state index contributed by atoms with van der Waals surface area (Å²) in [5.74, 6) is -0.201. The van der Waals surface area contributed by atoms with Gasteiger partial charge in [-0.1, -0.05) is 6.07 Å². The lowest BCUT2D eigenvalue weighted by Crippen LogP contribution is -2.12. The Morgan fingerprint density at radius 3 is 2.79 bits per heavy atom. The minimum absolute atomic E-state index is 0.201. The zero-order valence-corrected chi connectivity index (χ0v) is 14.4. The molecule has 0 aliphatic carbocycles. The maximum Gasteiger partial charge on any atom is 0.267 e. The van der Waals surface area contributed by atoms with Crippen LogP contribution >= 0.6 is 11.3 Å². The standard InChI is InChI=1S/C17H17N3O3S/c1-9-16(24-10(2)18-9)17(22)19-12-4-5-13-11(8-23-3)6-15(21)20-14(13)7-12/h4-7H,8H2,1-3H3,(H,19,22)(H,20,21). The molecule has 124 valence electrons. The number of benzene rings is 1. The molecule has 6 nitrogen and oxygen atoms in total. The molecule has 0 atom stereocenters. The number of pyridine rings is 1. The van der Waals surface area contributed by atoms with Crippen molar-refractivity contribution >= 4 is 33.8 Å². The largest absolute Gasteiger partial charge is 0.380 e. The number of nitrogens with zero attached hydrogens (tertiary/aromatic N) is 1. The van der Waals surface area contributed by atoms with Gasteiger partial charge in [-0.05, 0) is 31.5 Å². The van der Waals surface area contributed by atoms with E-state index in [9.17, 15) is 9.59 Å². The first-order chi connectivity index (χ1) is 11.5. The van der Waals surface area contributed by atoms with Crippen LogP contribution in [0.25, 0.3) is 10.9 Å². The van der Waals surface area contributed by atoms with E-state index >= 15 is 0 Å². The minimum Gasteiger partial charge on any atom is -0.380 e. The number of anilines is 1. The predicted octanol–water partition coefficient (Wildman–Crippen LogP) is 3.00. The highest BCUT2D eigenvalue weighted by atomic mass is 32.1. The van der Waals surface area contributed by atoms with E-state index in [0.717, 1.165) is 16.0 Å². The molecule has 1 aromatic carbocycles. The number of rotatable bonds is 4. The first-order valence-electron chi connectivity index (χ1n) is 7.38. The normalized spacial score (nSPS) is 11.0. The molecule has 0 saturated heterocycles. The molecule has 0 fully saturated rings. The van der Waals surface area contributed by atoms with Gasteiger partial charge in [0.15, 0.2) is 0 Å². The Kier molecular flexibility index (Phi) is 4.46. The van der Waals surface area contributed by atoms with Crippen LogP contribution in [0, 0.1) is 13.8 Å². The van der Waals surface area contributed by atoms with Gasteiger partial charge in [0.05, 0.1) is 22.8 Å². The maximum absolute atomic E-state index is 12.4. The Bertz CT molecular complexity index is 975. The van der Waals surface area contributed by atoms with Crippen molar-refractivity contribution < 1.29 is 9.53 Å². The number of amides is 1. The van der Waals surface area contributed by atoms with Gasteiger partial charge in [0.1, 0.15) is 4.88 Å². The molecular weight excluding hydrogens is 326 g/mol. The molecule has 7 heteroatoms. The van der Waals surface area contributed by atoms with Gasteiger partial charge in [-0.15, -0.1) is 11.3 Å². The van der Waals surface area contributed by atoms with Crippen molar-refractivity contribution in [1.82, 2.24) is 9.97 Å². The number of thiazole rings is 1. The van der Waals surface area contributed by atoms with Crippen LogP contribution < -0.4 is 10.9 Å². The van der Waals surface area contributed by atoms with E-state index in [1.807, 2.05) is 19.9 Å². The van der Waals surface area contributed by atoms with Crippen molar-refractivity contribution in [3.8, 4) is 0 Å². The second-order valence-corrected chi connectivity index (χ2v) is 6.66. The maximum atomic E-state index is 12.4. The Morgan fingerprint density at radius 1 is 1.33 bits per heavy atom. The SMILES string of the molecule is COCc1cc(=O)[nH]c2cc(NC(=O)c3sc(C)nc3C)ccc12. The van der Waals surface area contributed by atoms with Crippen molar-refractivity contribution in [2.24, 2.45) is 0 Å². The highest BCUT2D eigenvalue weighted by Crippen LogP contribution is 2.22. The van der Waals surface area contributed by atoms with Gasteiger partial charge >= 0.3 is 0 Å². The number of H-pyrrole nitrogens is 1. The van der Waals surface area contributed by atoms with Crippen molar-refractivity contribution in [2.45, 2.75) is 20.5 Å². The number of fused-ring (bicyclic) bond motifs is 1. The number of hydrogen-bond acceptors (Lipinski definition) is 5. The van der Waals surface area contributed by atoms with E-state index in [1.54, 1.807) is 19.2 Å². The molecule has 0 aliphatic heterocycles. The van der Waals surface area contributed by atoms with E-state index in [4.69, 9.17) is 4.74 Å². The van der Waals surface area contributed by atoms with Gasteiger partial charge < -0.3 is 15.0 Å². The lowest BCUT2D eigenvalue weighted by atomic mass is 10.1. The summed E-state index contributed by atoms with van der Waals surface area (Å²) < 4.78 is 5.13. The summed E-state index contributed by atoms with van der Waals surface area (Å²) in [6, 6.07) is 6.94. The molecule has 2 N–H and O–H groups in total. The van der Waals surface area contributed by atoms with Crippen LogP contribution in [0.3, 0.4) is 0 Å². The highest BCUT2D eigenvalue weighted by molar-refractivity contribution is 7.13. The molecule has 24 heavy (non-hydrogen) atoms. The number of aromatic amines is 1. The quantitative estimate of drug-likeness (QED) is 0.763. The van der Waals surface area contributed by atoms with Crippen LogP contribution in [0.5, 0.6) is 0 Å². The third-order valence-electron chi connectivity index (χ3n) is 3.60. The summed E-state index contributed by atoms with van der Waals surface area (Å²) in [6.07, 6.45) is 0. The zero-order valence-electron chi connectivity index (χ0n) is 13.6. The van der Waals surface area contributed by atoms with Crippen LogP contribution in [-0.4, -0.2) is 23.0 Å². The summed E-state index contributed by atoms with van der Waals surface area (Å²) in [5, 5.41) is 4.59. The number of hydrogen-bond donors (Lipinski definition) is 2. The summed E-state index contributed by atoms with van der Waals surface area (Å²) in [6.45, 7) is 4.03. The van der Waals surface area contributed by atoms with E-state index in [2.05, 4.69) is 15.3 Å². The molecule has 3 aromatic rings. The number of carbonyl (C=O) groups excluding carboxylic acids is 1. The van der Waals surface area contributed by atoms with Crippen molar-refractivity contribution in [3.05, 3.63) is 55.8 Å². The topological polar surface area (TPSA) is 84.1 Å². The summed E-state index contributed by atoms with van der Waals surface area (Å²) in [4.78, 5) is 31.8.